The van der Waals surface area contributed by atoms with Gasteiger partial charge in [-0.2, -0.15) is 23.4 Å². The highest BCUT2D eigenvalue weighted by molar-refractivity contribution is 5.86. The van der Waals surface area contributed by atoms with E-state index in [0.29, 0.717) is 11.1 Å². The van der Waals surface area contributed by atoms with Gasteiger partial charge < -0.3 is 9.88 Å². The van der Waals surface area contributed by atoms with Gasteiger partial charge in [0.25, 0.3) is 11.1 Å². The maximum absolute atomic E-state index is 14.8. The van der Waals surface area contributed by atoms with Crippen LogP contribution in [0.2, 0.25) is 0 Å². The Kier molecular flexibility index (Phi) is 6.41. The van der Waals surface area contributed by atoms with E-state index in [0.717, 1.165) is 16.8 Å². The zero-order chi connectivity index (χ0) is 25.3. The van der Waals surface area contributed by atoms with Crippen LogP contribution in [0.3, 0.4) is 0 Å². The Hall–Kier alpha value is -4.03. The molecule has 4 aromatic rings. The predicted octanol–water partition coefficient (Wildman–Crippen LogP) is 3.86. The Labute approximate surface area is 193 Å². The van der Waals surface area contributed by atoms with E-state index < -0.39 is 53.1 Å². The van der Waals surface area contributed by atoms with Gasteiger partial charge in [-0.3, -0.25) is 14.7 Å². The van der Waals surface area contributed by atoms with E-state index in [2.05, 4.69) is 20.6 Å². The lowest BCUT2D eigenvalue weighted by molar-refractivity contribution is -0.138. The van der Waals surface area contributed by atoms with Crippen LogP contribution in [0.4, 0.5) is 27.6 Å². The lowest BCUT2D eigenvalue weighted by Crippen LogP contribution is -2.30. The van der Waals surface area contributed by atoms with E-state index in [1.165, 1.54) is 25.4 Å². The van der Waals surface area contributed by atoms with E-state index in [1.54, 1.807) is 17.2 Å². The molecule has 2 atom stereocenters. The summed E-state index contributed by atoms with van der Waals surface area (Å²) >= 11 is 0. The summed E-state index contributed by atoms with van der Waals surface area (Å²) in [6.07, 6.45) is -3.21. The molecule has 0 radical (unpaired) electrons. The van der Waals surface area contributed by atoms with Crippen molar-refractivity contribution in [3.8, 4) is 11.3 Å². The minimum atomic E-state index is -4.93. The zero-order valence-electron chi connectivity index (χ0n) is 18.2. The number of pyridine rings is 1. The van der Waals surface area contributed by atoms with Crippen LogP contribution in [0.15, 0.2) is 52.4 Å². The number of fused-ring (bicyclic) bond motifs is 1. The van der Waals surface area contributed by atoms with E-state index in [1.807, 2.05) is 0 Å². The summed E-state index contributed by atoms with van der Waals surface area (Å²) in [7, 11) is 0. The predicted molar refractivity (Wildman–Crippen MR) is 118 cm³/mol. The van der Waals surface area contributed by atoms with Gasteiger partial charge in [0.15, 0.2) is 0 Å². The molecule has 3 N–H and O–H groups in total. The molecule has 0 aliphatic rings. The summed E-state index contributed by atoms with van der Waals surface area (Å²) in [4.78, 5) is 24.4. The van der Waals surface area contributed by atoms with Gasteiger partial charge in [0.05, 0.1) is 29.5 Å². The van der Waals surface area contributed by atoms with Gasteiger partial charge in [0, 0.05) is 30.4 Å². The molecular formula is C22H19F5N6O2. The highest BCUT2D eigenvalue weighted by atomic mass is 19.4. The number of aromatic nitrogens is 5. The lowest BCUT2D eigenvalue weighted by Gasteiger charge is -2.20. The average molecular weight is 494 g/mol. The number of alkyl halides is 4. The second kappa shape index (κ2) is 9.31. The van der Waals surface area contributed by atoms with Crippen LogP contribution in [0, 0.1) is 5.82 Å². The first-order valence-corrected chi connectivity index (χ1v) is 10.4. The highest BCUT2D eigenvalue weighted by Gasteiger charge is 2.37. The number of nitrogens with zero attached hydrogens (tertiary/aromatic N) is 3. The summed E-state index contributed by atoms with van der Waals surface area (Å²) in [6.45, 7) is 1.04. The molecule has 0 spiro atoms. The maximum Gasteiger partial charge on any atom is 0.423 e. The molecule has 0 fully saturated rings. The molecule has 0 saturated carbocycles. The molecule has 3 aromatic heterocycles. The first-order valence-electron chi connectivity index (χ1n) is 10.4. The van der Waals surface area contributed by atoms with Crippen molar-refractivity contribution in [1.29, 1.82) is 0 Å². The molecule has 3 heterocycles. The molecule has 0 amide bonds. The Morgan fingerprint density at radius 2 is 1.91 bits per heavy atom. The largest absolute Gasteiger partial charge is 0.423 e. The molecule has 1 aromatic carbocycles. The van der Waals surface area contributed by atoms with Crippen molar-refractivity contribution in [3.05, 3.63) is 74.9 Å². The Balaban J connectivity index is 1.50. The molecule has 8 nitrogen and oxygen atoms in total. The average Bonchev–Trinajstić information content (AvgIpc) is 3.29. The number of anilines is 1. The van der Waals surface area contributed by atoms with E-state index in [4.69, 9.17) is 0 Å². The van der Waals surface area contributed by atoms with Crippen LogP contribution in [0.5, 0.6) is 0 Å². The van der Waals surface area contributed by atoms with Crippen molar-refractivity contribution >= 4 is 16.5 Å². The number of benzene rings is 1. The second-order valence-corrected chi connectivity index (χ2v) is 8.03. The summed E-state index contributed by atoms with van der Waals surface area (Å²) in [5.41, 5.74) is -3.41. The molecule has 4 rings (SSSR count). The van der Waals surface area contributed by atoms with Gasteiger partial charge >= 0.3 is 6.18 Å². The fourth-order valence-electron chi connectivity index (χ4n) is 3.85. The fourth-order valence-corrected chi connectivity index (χ4v) is 3.85. The topological polar surface area (TPSA) is 108 Å². The molecule has 0 aliphatic carbocycles. The van der Waals surface area contributed by atoms with Crippen molar-refractivity contribution in [2.24, 2.45) is 0 Å². The molecule has 0 aliphatic heterocycles. The first-order chi connectivity index (χ1) is 16.5. The number of halogens is 5. The zero-order valence-corrected chi connectivity index (χ0v) is 18.2. The van der Waals surface area contributed by atoms with Crippen molar-refractivity contribution in [1.82, 2.24) is 25.0 Å². The van der Waals surface area contributed by atoms with Gasteiger partial charge in [0.2, 0.25) is 0 Å². The molecule has 13 heteroatoms. The normalized spacial score (nSPS) is 13.7. The van der Waals surface area contributed by atoms with E-state index in [9.17, 15) is 31.5 Å². The number of hydrogen-bond donors (Lipinski definition) is 3. The molecule has 35 heavy (non-hydrogen) atoms. The third-order valence-electron chi connectivity index (χ3n) is 5.40. The van der Waals surface area contributed by atoms with E-state index >= 15 is 0 Å². The van der Waals surface area contributed by atoms with Crippen molar-refractivity contribution in [2.75, 3.05) is 5.32 Å². The third-order valence-corrected chi connectivity index (χ3v) is 5.40. The van der Waals surface area contributed by atoms with E-state index in [-0.39, 0.29) is 17.4 Å². The molecule has 2 unspecified atom stereocenters. The van der Waals surface area contributed by atoms with Crippen LogP contribution in [-0.2, 0) is 12.7 Å². The van der Waals surface area contributed by atoms with Crippen molar-refractivity contribution in [2.45, 2.75) is 38.3 Å². The van der Waals surface area contributed by atoms with Crippen LogP contribution in [0.25, 0.3) is 22.0 Å². The summed E-state index contributed by atoms with van der Waals surface area (Å²) in [5, 5.41) is 14.5. The quantitative estimate of drug-likeness (QED) is 0.338. The first kappa shape index (κ1) is 24.1. The van der Waals surface area contributed by atoms with Crippen LogP contribution in [0.1, 0.15) is 18.9 Å². The third kappa shape index (κ3) is 5.08. The van der Waals surface area contributed by atoms with Crippen molar-refractivity contribution < 1.29 is 22.0 Å². The van der Waals surface area contributed by atoms with Crippen molar-refractivity contribution in [3.63, 3.8) is 0 Å². The number of hydrogen-bond acceptors (Lipinski definition) is 5. The Morgan fingerprint density at radius 1 is 1.14 bits per heavy atom. The summed E-state index contributed by atoms with van der Waals surface area (Å²) in [5.74, 6) is -0.654. The number of H-pyrrole nitrogens is 2. The standard InChI is InChI=1S/C22H19F5N6O2/c1-11(30-18-9-29-32-20(34)19(18)22(25,26)27)6-13(23)10-33-5-3-12-7-15(17-2-4-28-31-17)16(24)8-14(12)21(33)35/h2-5,7-9,11,13H,6,10H2,1H3,(H,28,31)(H2,30,32,34). The number of rotatable bonds is 7. The van der Waals surface area contributed by atoms with Gasteiger partial charge in [-0.15, -0.1) is 0 Å². The minimum Gasteiger partial charge on any atom is -0.381 e. The van der Waals surface area contributed by atoms with Crippen LogP contribution in [-0.4, -0.2) is 37.2 Å². The Bertz CT molecular complexity index is 1460. The summed E-state index contributed by atoms with van der Waals surface area (Å²) < 4.78 is 70.0. The SMILES string of the molecule is CC(CC(F)Cn1ccc2cc(-c3ccn[nH]3)c(F)cc2c1=O)Nc1cn[nH]c(=O)c1C(F)(F)F. The van der Waals surface area contributed by atoms with Crippen LogP contribution < -0.4 is 16.4 Å². The lowest BCUT2D eigenvalue weighted by atomic mass is 10.1. The molecular weight excluding hydrogens is 475 g/mol. The van der Waals surface area contributed by atoms with Gasteiger partial charge in [-0.05, 0) is 36.6 Å². The Morgan fingerprint density at radius 3 is 2.60 bits per heavy atom. The number of aromatic amines is 2. The monoisotopic (exact) mass is 494 g/mol. The van der Waals surface area contributed by atoms with Gasteiger partial charge in [-0.25, -0.2) is 13.9 Å². The summed E-state index contributed by atoms with van der Waals surface area (Å²) in [6, 6.07) is 4.84. The molecule has 0 bridgehead atoms. The molecule has 184 valence electrons. The molecule has 0 saturated heterocycles. The van der Waals surface area contributed by atoms with Crippen LogP contribution >= 0.6 is 0 Å². The second-order valence-electron chi connectivity index (χ2n) is 8.03. The van der Waals surface area contributed by atoms with Gasteiger partial charge in [-0.1, -0.05) is 0 Å². The fraction of sp³-hybridized carbons (Fsp3) is 0.273. The number of nitrogens with one attached hydrogen (secondary N) is 3. The minimum absolute atomic E-state index is 0.0519. The maximum atomic E-state index is 14.8. The highest BCUT2D eigenvalue weighted by Crippen LogP contribution is 2.32. The smallest absolute Gasteiger partial charge is 0.381 e. The van der Waals surface area contributed by atoms with Gasteiger partial charge in [0.1, 0.15) is 17.6 Å².